The van der Waals surface area contributed by atoms with E-state index in [0.717, 1.165) is 12.0 Å². The van der Waals surface area contributed by atoms with Crippen LogP contribution in [0, 0.1) is 15.5 Å². The highest BCUT2D eigenvalue weighted by Gasteiger charge is 2.47. The van der Waals surface area contributed by atoms with Gasteiger partial charge >= 0.3 is 0 Å². The molecule has 0 radical (unpaired) electrons. The van der Waals surface area contributed by atoms with Crippen molar-refractivity contribution in [1.29, 1.82) is 0 Å². The average Bonchev–Trinajstić information content (AvgIpc) is 2.26. The van der Waals surface area contributed by atoms with Gasteiger partial charge in [-0.15, -0.1) is 0 Å². The summed E-state index contributed by atoms with van der Waals surface area (Å²) in [6.45, 7) is 4.04. The topological polar surface area (TPSA) is 63.4 Å². The standard InChI is InChI=1S/C12H15NO3/c1-12(2)10(7-11(12)14)8-3-5-9(6-4-8)13(15)16/h3-6,10-11,14H,7H2,1-2H3/t10-,11-/m0/s1. The van der Waals surface area contributed by atoms with Crippen LogP contribution in [0.15, 0.2) is 24.3 Å². The van der Waals surface area contributed by atoms with E-state index in [1.807, 2.05) is 13.8 Å². The lowest BCUT2D eigenvalue weighted by molar-refractivity contribution is -0.384. The lowest BCUT2D eigenvalue weighted by atomic mass is 9.58. The molecule has 2 rings (SSSR count). The van der Waals surface area contributed by atoms with Gasteiger partial charge in [-0.05, 0) is 23.3 Å². The number of hydrogen-bond donors (Lipinski definition) is 1. The normalized spacial score (nSPS) is 27.2. The molecule has 0 bridgehead atoms. The summed E-state index contributed by atoms with van der Waals surface area (Å²) in [6.07, 6.45) is 0.470. The van der Waals surface area contributed by atoms with Crippen LogP contribution >= 0.6 is 0 Å². The first-order chi connectivity index (χ1) is 7.43. The zero-order valence-corrected chi connectivity index (χ0v) is 9.38. The van der Waals surface area contributed by atoms with Crippen LogP contribution in [0.4, 0.5) is 5.69 Å². The lowest BCUT2D eigenvalue weighted by Crippen LogP contribution is -2.47. The lowest BCUT2D eigenvalue weighted by Gasteiger charge is -2.49. The summed E-state index contributed by atoms with van der Waals surface area (Å²) in [7, 11) is 0. The van der Waals surface area contributed by atoms with Crippen molar-refractivity contribution in [3.05, 3.63) is 39.9 Å². The third kappa shape index (κ3) is 1.59. The van der Waals surface area contributed by atoms with Crippen LogP contribution in [-0.4, -0.2) is 16.1 Å². The van der Waals surface area contributed by atoms with Gasteiger partial charge in [0.25, 0.3) is 5.69 Å². The molecule has 0 aliphatic heterocycles. The highest BCUT2D eigenvalue weighted by molar-refractivity contribution is 5.36. The molecule has 1 fully saturated rings. The van der Waals surface area contributed by atoms with Crippen LogP contribution in [0.3, 0.4) is 0 Å². The Morgan fingerprint density at radius 3 is 2.31 bits per heavy atom. The van der Waals surface area contributed by atoms with Gasteiger partial charge in [0.15, 0.2) is 0 Å². The third-order valence-corrected chi connectivity index (χ3v) is 3.72. The van der Waals surface area contributed by atoms with Crippen molar-refractivity contribution in [3.63, 3.8) is 0 Å². The second-order valence-corrected chi connectivity index (χ2v) is 4.97. The third-order valence-electron chi connectivity index (χ3n) is 3.72. The predicted molar refractivity (Wildman–Crippen MR) is 60.2 cm³/mol. The first-order valence-corrected chi connectivity index (χ1v) is 5.35. The molecule has 0 saturated heterocycles. The first-order valence-electron chi connectivity index (χ1n) is 5.35. The summed E-state index contributed by atoms with van der Waals surface area (Å²) in [5.74, 6) is 0.295. The maximum atomic E-state index is 10.5. The average molecular weight is 221 g/mol. The van der Waals surface area contributed by atoms with E-state index in [9.17, 15) is 15.2 Å². The molecule has 86 valence electrons. The number of aliphatic hydroxyl groups excluding tert-OH is 1. The summed E-state index contributed by atoms with van der Waals surface area (Å²) in [5, 5.41) is 20.2. The minimum Gasteiger partial charge on any atom is -0.393 e. The van der Waals surface area contributed by atoms with E-state index < -0.39 is 4.92 Å². The Balaban J connectivity index is 2.21. The largest absolute Gasteiger partial charge is 0.393 e. The van der Waals surface area contributed by atoms with Gasteiger partial charge in [0, 0.05) is 12.1 Å². The number of nitro benzene ring substituents is 1. The Bertz CT molecular complexity index is 411. The van der Waals surface area contributed by atoms with E-state index in [-0.39, 0.29) is 17.2 Å². The number of rotatable bonds is 2. The van der Waals surface area contributed by atoms with E-state index in [4.69, 9.17) is 0 Å². The molecule has 1 aromatic rings. The summed E-state index contributed by atoms with van der Waals surface area (Å²) in [6, 6.07) is 6.62. The molecule has 4 heteroatoms. The molecule has 0 heterocycles. The van der Waals surface area contributed by atoms with Crippen LogP contribution in [-0.2, 0) is 0 Å². The maximum Gasteiger partial charge on any atom is 0.269 e. The van der Waals surface area contributed by atoms with E-state index in [1.54, 1.807) is 12.1 Å². The second-order valence-electron chi connectivity index (χ2n) is 4.97. The monoisotopic (exact) mass is 221 g/mol. The predicted octanol–water partition coefficient (Wildman–Crippen LogP) is 2.47. The number of benzene rings is 1. The van der Waals surface area contributed by atoms with E-state index in [2.05, 4.69) is 0 Å². The van der Waals surface area contributed by atoms with Crippen LogP contribution in [0.5, 0.6) is 0 Å². The number of nitro groups is 1. The van der Waals surface area contributed by atoms with Gasteiger partial charge in [0.05, 0.1) is 11.0 Å². The number of non-ortho nitro benzene ring substituents is 1. The molecule has 16 heavy (non-hydrogen) atoms. The fourth-order valence-electron chi connectivity index (χ4n) is 2.30. The Morgan fingerprint density at radius 2 is 1.94 bits per heavy atom. The Kier molecular flexibility index (Phi) is 2.46. The van der Waals surface area contributed by atoms with Gasteiger partial charge in [0.1, 0.15) is 0 Å². The van der Waals surface area contributed by atoms with Crippen LogP contribution < -0.4 is 0 Å². The van der Waals surface area contributed by atoms with Gasteiger partial charge in [0.2, 0.25) is 0 Å². The molecule has 1 aliphatic carbocycles. The van der Waals surface area contributed by atoms with Crippen molar-refractivity contribution in [1.82, 2.24) is 0 Å². The zero-order chi connectivity index (χ0) is 11.9. The van der Waals surface area contributed by atoms with Crippen LogP contribution in [0.25, 0.3) is 0 Å². The molecular formula is C12H15NO3. The van der Waals surface area contributed by atoms with Crippen molar-refractivity contribution in [2.24, 2.45) is 5.41 Å². The zero-order valence-electron chi connectivity index (χ0n) is 9.38. The molecular weight excluding hydrogens is 206 g/mol. The summed E-state index contributed by atoms with van der Waals surface area (Å²) < 4.78 is 0. The summed E-state index contributed by atoms with van der Waals surface area (Å²) in [5.41, 5.74) is 1.05. The van der Waals surface area contributed by atoms with Gasteiger partial charge in [-0.25, -0.2) is 0 Å². The smallest absolute Gasteiger partial charge is 0.269 e. The molecule has 1 N–H and O–H groups in total. The van der Waals surface area contributed by atoms with Gasteiger partial charge < -0.3 is 5.11 Å². The fourth-order valence-corrected chi connectivity index (χ4v) is 2.30. The molecule has 0 amide bonds. The minimum absolute atomic E-state index is 0.112. The van der Waals surface area contributed by atoms with E-state index in [1.165, 1.54) is 12.1 Å². The molecule has 4 nitrogen and oxygen atoms in total. The molecule has 0 aromatic heterocycles. The Morgan fingerprint density at radius 1 is 1.38 bits per heavy atom. The van der Waals surface area contributed by atoms with Gasteiger partial charge in [-0.3, -0.25) is 10.1 Å². The Hall–Kier alpha value is -1.42. The van der Waals surface area contributed by atoms with E-state index in [0.29, 0.717) is 5.92 Å². The number of nitrogens with zero attached hydrogens (tertiary/aromatic N) is 1. The second kappa shape index (κ2) is 3.56. The molecule has 0 spiro atoms. The molecule has 2 atom stereocenters. The minimum atomic E-state index is -0.398. The SMILES string of the molecule is CC1(C)[C@@H](O)C[C@H]1c1ccc([N+](=O)[O-])cc1. The van der Waals surface area contributed by atoms with Gasteiger partial charge in [-0.1, -0.05) is 26.0 Å². The molecule has 0 unspecified atom stereocenters. The van der Waals surface area contributed by atoms with Crippen LogP contribution in [0.1, 0.15) is 31.7 Å². The van der Waals surface area contributed by atoms with Crippen molar-refractivity contribution in [3.8, 4) is 0 Å². The van der Waals surface area contributed by atoms with E-state index >= 15 is 0 Å². The molecule has 1 aromatic carbocycles. The van der Waals surface area contributed by atoms with Gasteiger partial charge in [-0.2, -0.15) is 0 Å². The highest BCUT2D eigenvalue weighted by Crippen LogP contribution is 2.52. The van der Waals surface area contributed by atoms with Crippen LogP contribution in [0.2, 0.25) is 0 Å². The quantitative estimate of drug-likeness (QED) is 0.616. The molecule has 1 aliphatic rings. The Labute approximate surface area is 94.1 Å². The highest BCUT2D eigenvalue weighted by atomic mass is 16.6. The number of hydrogen-bond acceptors (Lipinski definition) is 3. The molecule has 1 saturated carbocycles. The summed E-state index contributed by atoms with van der Waals surface area (Å²) >= 11 is 0. The summed E-state index contributed by atoms with van der Waals surface area (Å²) in [4.78, 5) is 10.1. The van der Waals surface area contributed by atoms with Crippen molar-refractivity contribution in [2.75, 3.05) is 0 Å². The van der Waals surface area contributed by atoms with Crippen molar-refractivity contribution in [2.45, 2.75) is 32.3 Å². The maximum absolute atomic E-state index is 10.5. The van der Waals surface area contributed by atoms with Crippen molar-refractivity contribution < 1.29 is 10.0 Å². The number of aliphatic hydroxyl groups is 1. The fraction of sp³-hybridized carbons (Fsp3) is 0.500. The first kappa shape index (κ1) is 11.1. The van der Waals surface area contributed by atoms with Crippen molar-refractivity contribution >= 4 is 5.69 Å².